The molecule has 1 heterocycles. The maximum Gasteiger partial charge on any atom is 0.00992 e. The second kappa shape index (κ2) is 4.63. The van der Waals surface area contributed by atoms with E-state index in [4.69, 9.17) is 5.73 Å². The number of nitrogens with zero attached hydrogens (tertiary/aromatic N) is 1. The van der Waals surface area contributed by atoms with Crippen LogP contribution in [0.3, 0.4) is 0 Å². The lowest BCUT2D eigenvalue weighted by molar-refractivity contribution is 0.0786. The van der Waals surface area contributed by atoms with Gasteiger partial charge in [0.05, 0.1) is 0 Å². The second-order valence-corrected chi connectivity index (χ2v) is 5.15. The molecular weight excluding hydrogens is 172 g/mol. The summed E-state index contributed by atoms with van der Waals surface area (Å²) in [6.45, 7) is 3.73. The first kappa shape index (κ1) is 10.4. The Labute approximate surface area is 87.8 Å². The van der Waals surface area contributed by atoms with E-state index in [0.717, 1.165) is 12.1 Å². The number of rotatable bonds is 1. The molecule has 2 heteroatoms. The maximum absolute atomic E-state index is 5.94. The highest BCUT2D eigenvalue weighted by Crippen LogP contribution is 2.27. The lowest BCUT2D eigenvalue weighted by atomic mass is 9.88. The summed E-state index contributed by atoms with van der Waals surface area (Å²) in [4.78, 5) is 2.75. The third-order valence-corrected chi connectivity index (χ3v) is 4.06. The third kappa shape index (κ3) is 2.29. The Kier molecular flexibility index (Phi) is 3.45. The summed E-state index contributed by atoms with van der Waals surface area (Å²) >= 11 is 0. The van der Waals surface area contributed by atoms with Gasteiger partial charge in [0.1, 0.15) is 0 Å². The van der Waals surface area contributed by atoms with Crippen molar-refractivity contribution >= 4 is 0 Å². The summed E-state index contributed by atoms with van der Waals surface area (Å²) < 4.78 is 0. The van der Waals surface area contributed by atoms with Crippen LogP contribution in [0, 0.1) is 0 Å². The largest absolute Gasteiger partial charge is 0.328 e. The summed E-state index contributed by atoms with van der Waals surface area (Å²) in [6.07, 6.45) is 9.41. The van der Waals surface area contributed by atoms with Gasteiger partial charge in [-0.25, -0.2) is 0 Å². The topological polar surface area (TPSA) is 29.3 Å². The molecule has 14 heavy (non-hydrogen) atoms. The Morgan fingerprint density at radius 2 is 1.71 bits per heavy atom. The molecule has 2 nitrogen and oxygen atoms in total. The molecule has 0 bridgehead atoms. The quantitative estimate of drug-likeness (QED) is 0.696. The number of piperidine rings is 1. The maximum atomic E-state index is 5.94. The van der Waals surface area contributed by atoms with Gasteiger partial charge in [0.2, 0.25) is 0 Å². The Balaban J connectivity index is 1.87. The average Bonchev–Trinajstić information content (AvgIpc) is 2.20. The Morgan fingerprint density at radius 3 is 2.36 bits per heavy atom. The standard InChI is InChI=1S/C12H24N2/c1-10-4-2-3-9-14(10)12-7-5-11(13)6-8-12/h10-12H,2-9,13H2,1H3. The first-order chi connectivity index (χ1) is 6.77. The number of hydrogen-bond acceptors (Lipinski definition) is 2. The molecule has 2 fully saturated rings. The predicted octanol–water partition coefficient (Wildman–Crippen LogP) is 2.13. The summed E-state index contributed by atoms with van der Waals surface area (Å²) in [6, 6.07) is 2.17. The molecule has 0 amide bonds. The zero-order chi connectivity index (χ0) is 9.97. The minimum absolute atomic E-state index is 0.492. The van der Waals surface area contributed by atoms with Gasteiger partial charge in [-0.1, -0.05) is 6.42 Å². The van der Waals surface area contributed by atoms with Gasteiger partial charge in [0.25, 0.3) is 0 Å². The molecular formula is C12H24N2. The monoisotopic (exact) mass is 196 g/mol. The minimum Gasteiger partial charge on any atom is -0.328 e. The van der Waals surface area contributed by atoms with Crippen LogP contribution in [0.15, 0.2) is 0 Å². The van der Waals surface area contributed by atoms with Crippen molar-refractivity contribution in [2.24, 2.45) is 5.73 Å². The zero-order valence-corrected chi connectivity index (χ0v) is 9.41. The van der Waals surface area contributed by atoms with E-state index < -0.39 is 0 Å². The Morgan fingerprint density at radius 1 is 1.00 bits per heavy atom. The fraction of sp³-hybridized carbons (Fsp3) is 1.00. The molecule has 0 radical (unpaired) electrons. The molecule has 2 rings (SSSR count). The molecule has 1 atom stereocenters. The first-order valence-corrected chi connectivity index (χ1v) is 6.28. The third-order valence-electron chi connectivity index (χ3n) is 4.06. The molecule has 0 aromatic rings. The van der Waals surface area contributed by atoms with Gasteiger partial charge in [0.15, 0.2) is 0 Å². The molecule has 2 aliphatic rings. The highest BCUT2D eigenvalue weighted by molar-refractivity contribution is 4.85. The summed E-state index contributed by atoms with van der Waals surface area (Å²) in [5.74, 6) is 0. The summed E-state index contributed by atoms with van der Waals surface area (Å²) in [5.41, 5.74) is 5.94. The van der Waals surface area contributed by atoms with Crippen molar-refractivity contribution in [1.29, 1.82) is 0 Å². The van der Waals surface area contributed by atoms with Crippen LogP contribution >= 0.6 is 0 Å². The second-order valence-electron chi connectivity index (χ2n) is 5.15. The normalized spacial score (nSPS) is 41.1. The lowest BCUT2D eigenvalue weighted by Gasteiger charge is -2.42. The first-order valence-electron chi connectivity index (χ1n) is 6.28. The average molecular weight is 196 g/mol. The van der Waals surface area contributed by atoms with Crippen LogP contribution in [0.4, 0.5) is 0 Å². The fourth-order valence-electron chi connectivity index (χ4n) is 3.10. The van der Waals surface area contributed by atoms with Crippen LogP contribution < -0.4 is 5.73 Å². The van der Waals surface area contributed by atoms with E-state index in [0.29, 0.717) is 6.04 Å². The molecule has 0 aromatic heterocycles. The van der Waals surface area contributed by atoms with Crippen molar-refractivity contribution in [2.45, 2.75) is 70.0 Å². The van der Waals surface area contributed by atoms with Crippen LogP contribution in [-0.4, -0.2) is 29.6 Å². The van der Waals surface area contributed by atoms with E-state index in [1.807, 2.05) is 0 Å². The van der Waals surface area contributed by atoms with Crippen molar-refractivity contribution in [1.82, 2.24) is 4.90 Å². The molecule has 1 aliphatic heterocycles. The minimum atomic E-state index is 0.492. The van der Waals surface area contributed by atoms with Gasteiger partial charge < -0.3 is 5.73 Å². The summed E-state index contributed by atoms with van der Waals surface area (Å²) in [5, 5.41) is 0. The van der Waals surface area contributed by atoms with Crippen molar-refractivity contribution in [3.63, 3.8) is 0 Å². The predicted molar refractivity (Wildman–Crippen MR) is 60.3 cm³/mol. The van der Waals surface area contributed by atoms with Crippen LogP contribution in [0.25, 0.3) is 0 Å². The van der Waals surface area contributed by atoms with Crippen molar-refractivity contribution in [3.8, 4) is 0 Å². The number of likely N-dealkylation sites (tertiary alicyclic amines) is 1. The molecule has 1 aliphatic carbocycles. The number of nitrogens with two attached hydrogens (primary N) is 1. The highest BCUT2D eigenvalue weighted by atomic mass is 15.2. The van der Waals surface area contributed by atoms with Gasteiger partial charge in [-0.05, 0) is 52.0 Å². The van der Waals surface area contributed by atoms with Gasteiger partial charge >= 0.3 is 0 Å². The molecule has 2 N–H and O–H groups in total. The molecule has 1 saturated heterocycles. The molecule has 0 aromatic carbocycles. The number of hydrogen-bond donors (Lipinski definition) is 1. The highest BCUT2D eigenvalue weighted by Gasteiger charge is 2.28. The van der Waals surface area contributed by atoms with Crippen LogP contribution in [0.2, 0.25) is 0 Å². The fourth-order valence-corrected chi connectivity index (χ4v) is 3.10. The van der Waals surface area contributed by atoms with Crippen LogP contribution in [0.1, 0.15) is 51.9 Å². The van der Waals surface area contributed by atoms with Gasteiger partial charge in [-0.3, -0.25) is 4.90 Å². The SMILES string of the molecule is CC1CCCCN1C1CCC(N)CC1. The van der Waals surface area contributed by atoms with E-state index in [2.05, 4.69) is 11.8 Å². The Hall–Kier alpha value is -0.0800. The van der Waals surface area contributed by atoms with Gasteiger partial charge in [-0.2, -0.15) is 0 Å². The molecule has 1 unspecified atom stereocenters. The van der Waals surface area contributed by atoms with E-state index in [9.17, 15) is 0 Å². The molecule has 82 valence electrons. The van der Waals surface area contributed by atoms with Gasteiger partial charge in [0, 0.05) is 18.1 Å². The van der Waals surface area contributed by atoms with Crippen molar-refractivity contribution < 1.29 is 0 Å². The van der Waals surface area contributed by atoms with E-state index in [1.54, 1.807) is 0 Å². The van der Waals surface area contributed by atoms with Gasteiger partial charge in [-0.15, -0.1) is 0 Å². The smallest absolute Gasteiger partial charge is 0.00992 e. The molecule has 0 spiro atoms. The van der Waals surface area contributed by atoms with E-state index >= 15 is 0 Å². The summed E-state index contributed by atoms with van der Waals surface area (Å²) in [7, 11) is 0. The van der Waals surface area contributed by atoms with Crippen molar-refractivity contribution in [3.05, 3.63) is 0 Å². The van der Waals surface area contributed by atoms with Crippen LogP contribution in [-0.2, 0) is 0 Å². The van der Waals surface area contributed by atoms with E-state index in [-0.39, 0.29) is 0 Å². The lowest BCUT2D eigenvalue weighted by Crippen LogP contribution is -2.47. The zero-order valence-electron chi connectivity index (χ0n) is 9.41. The van der Waals surface area contributed by atoms with Crippen LogP contribution in [0.5, 0.6) is 0 Å². The molecule has 1 saturated carbocycles. The van der Waals surface area contributed by atoms with Crippen molar-refractivity contribution in [2.75, 3.05) is 6.54 Å². The Bertz CT molecular complexity index is 173. The van der Waals surface area contributed by atoms with E-state index in [1.165, 1.54) is 51.5 Å².